The van der Waals surface area contributed by atoms with Crippen LogP contribution in [0.25, 0.3) is 0 Å². The first kappa shape index (κ1) is 9.31. The molecule has 0 amide bonds. The van der Waals surface area contributed by atoms with Crippen LogP contribution in [0.2, 0.25) is 0 Å². The third-order valence-corrected chi connectivity index (χ3v) is 1.55. The fourth-order valence-electron chi connectivity index (χ4n) is 0.312. The molecule has 0 rings (SSSR count). The number of hydrogen-bond acceptors (Lipinski definition) is 3. The van der Waals surface area contributed by atoms with Crippen molar-refractivity contribution in [2.45, 2.75) is 20.3 Å². The molecule has 0 spiro atoms. The van der Waals surface area contributed by atoms with Crippen LogP contribution in [0.4, 0.5) is 0 Å². The minimum atomic E-state index is -2.14. The normalized spacial score (nSPS) is 14.3. The molecule has 0 aliphatic carbocycles. The van der Waals surface area contributed by atoms with Gasteiger partial charge in [-0.05, 0) is 5.92 Å². The summed E-state index contributed by atoms with van der Waals surface area (Å²) in [5, 5.41) is 0. The van der Waals surface area contributed by atoms with Crippen LogP contribution in [0.5, 0.6) is 0 Å². The maximum absolute atomic E-state index is 8.29. The second kappa shape index (κ2) is 5.12. The molecule has 56 valence electrons. The predicted molar refractivity (Wildman–Crippen MR) is 36.8 cm³/mol. The highest BCUT2D eigenvalue weighted by Gasteiger charge is 2.02. The lowest BCUT2D eigenvalue weighted by molar-refractivity contribution is 0.216. The Morgan fingerprint density at radius 2 is 2.11 bits per heavy atom. The minimum Gasteiger partial charge on any atom is -0.328 e. The molecular weight excluding hydrogens is 139 g/mol. The second-order valence-corrected chi connectivity index (χ2v) is 2.83. The van der Waals surface area contributed by atoms with Crippen molar-refractivity contribution in [3.8, 4) is 0 Å². The van der Waals surface area contributed by atoms with Gasteiger partial charge >= 0.3 is 8.60 Å². The van der Waals surface area contributed by atoms with Gasteiger partial charge in [-0.2, -0.15) is 0 Å². The van der Waals surface area contributed by atoms with Gasteiger partial charge in [0, 0.05) is 0 Å². The molecule has 1 unspecified atom stereocenters. The van der Waals surface area contributed by atoms with E-state index in [1.165, 1.54) is 0 Å². The van der Waals surface area contributed by atoms with E-state index in [2.05, 4.69) is 4.52 Å². The van der Waals surface area contributed by atoms with Crippen molar-refractivity contribution in [3.63, 3.8) is 0 Å². The zero-order valence-corrected chi connectivity index (χ0v) is 6.64. The van der Waals surface area contributed by atoms with Gasteiger partial charge in [0.15, 0.2) is 0 Å². The summed E-state index contributed by atoms with van der Waals surface area (Å²) in [6, 6.07) is 0. The van der Waals surface area contributed by atoms with Crippen molar-refractivity contribution in [2.24, 2.45) is 5.92 Å². The molecule has 0 aliphatic heterocycles. The van der Waals surface area contributed by atoms with Crippen molar-refractivity contribution in [1.29, 1.82) is 0 Å². The third kappa shape index (κ3) is 6.19. The highest BCUT2D eigenvalue weighted by Crippen LogP contribution is 2.25. The molecule has 0 aromatic carbocycles. The van der Waals surface area contributed by atoms with Crippen LogP contribution >= 0.6 is 8.60 Å². The Bertz CT molecular complexity index is 67.2. The van der Waals surface area contributed by atoms with Crippen molar-refractivity contribution < 1.29 is 14.3 Å². The van der Waals surface area contributed by atoms with E-state index in [0.717, 1.165) is 6.42 Å². The van der Waals surface area contributed by atoms with Gasteiger partial charge in [0.1, 0.15) is 0 Å². The molecule has 0 heterocycles. The summed E-state index contributed by atoms with van der Waals surface area (Å²) in [4.78, 5) is 16.6. The molecule has 2 N–H and O–H groups in total. The Kier molecular flexibility index (Phi) is 5.30. The van der Waals surface area contributed by atoms with Crippen LogP contribution in [0.15, 0.2) is 0 Å². The third-order valence-electron chi connectivity index (χ3n) is 1.17. The van der Waals surface area contributed by atoms with E-state index in [1.54, 1.807) is 0 Å². The van der Waals surface area contributed by atoms with Crippen molar-refractivity contribution >= 4 is 8.60 Å². The maximum Gasteiger partial charge on any atom is 0.327 e. The minimum absolute atomic E-state index is 0.411. The Labute approximate surface area is 56.7 Å². The van der Waals surface area contributed by atoms with Crippen LogP contribution in [0.3, 0.4) is 0 Å². The molecule has 0 aromatic heterocycles. The Hall–Kier alpha value is 0.310. The van der Waals surface area contributed by atoms with E-state index in [-0.39, 0.29) is 0 Å². The number of hydrogen-bond donors (Lipinski definition) is 2. The van der Waals surface area contributed by atoms with Gasteiger partial charge in [0.2, 0.25) is 0 Å². The van der Waals surface area contributed by atoms with Crippen LogP contribution in [-0.2, 0) is 4.52 Å². The lowest BCUT2D eigenvalue weighted by Crippen LogP contribution is -2.00. The molecular formula is C5H13O3P. The fraction of sp³-hybridized carbons (Fsp3) is 1.00. The van der Waals surface area contributed by atoms with Crippen molar-refractivity contribution in [1.82, 2.24) is 0 Å². The largest absolute Gasteiger partial charge is 0.328 e. The van der Waals surface area contributed by atoms with Crippen LogP contribution in [0.1, 0.15) is 20.3 Å². The summed E-state index contributed by atoms with van der Waals surface area (Å²) in [6.45, 7) is 4.47. The van der Waals surface area contributed by atoms with E-state index in [0.29, 0.717) is 12.5 Å². The summed E-state index contributed by atoms with van der Waals surface area (Å²) in [7, 11) is -2.14. The summed E-state index contributed by atoms with van der Waals surface area (Å²) in [5.41, 5.74) is 0. The summed E-state index contributed by atoms with van der Waals surface area (Å²) < 4.78 is 4.57. The van der Waals surface area contributed by atoms with E-state index < -0.39 is 8.60 Å². The first-order valence-electron chi connectivity index (χ1n) is 2.97. The first-order valence-corrected chi connectivity index (χ1v) is 4.14. The van der Waals surface area contributed by atoms with Gasteiger partial charge < -0.3 is 14.3 Å². The quantitative estimate of drug-likeness (QED) is 0.596. The smallest absolute Gasteiger partial charge is 0.327 e. The average molecular weight is 152 g/mol. The van der Waals surface area contributed by atoms with Gasteiger partial charge in [-0.3, -0.25) is 0 Å². The Morgan fingerprint density at radius 1 is 1.56 bits per heavy atom. The van der Waals surface area contributed by atoms with Gasteiger partial charge in [-0.15, -0.1) is 0 Å². The zero-order chi connectivity index (χ0) is 7.28. The van der Waals surface area contributed by atoms with Gasteiger partial charge in [-0.1, -0.05) is 20.3 Å². The summed E-state index contributed by atoms with van der Waals surface area (Å²) in [6.07, 6.45) is 1.00. The van der Waals surface area contributed by atoms with Gasteiger partial charge in [-0.25, -0.2) is 0 Å². The van der Waals surface area contributed by atoms with E-state index in [4.69, 9.17) is 9.79 Å². The molecule has 4 heteroatoms. The van der Waals surface area contributed by atoms with E-state index >= 15 is 0 Å². The summed E-state index contributed by atoms with van der Waals surface area (Å²) >= 11 is 0. The van der Waals surface area contributed by atoms with Crippen molar-refractivity contribution in [2.75, 3.05) is 6.61 Å². The van der Waals surface area contributed by atoms with Crippen molar-refractivity contribution in [3.05, 3.63) is 0 Å². The second-order valence-electron chi connectivity index (χ2n) is 2.06. The lowest BCUT2D eigenvalue weighted by Gasteiger charge is -2.08. The lowest BCUT2D eigenvalue weighted by atomic mass is 10.1. The van der Waals surface area contributed by atoms with Gasteiger partial charge in [0.05, 0.1) is 6.61 Å². The molecule has 3 nitrogen and oxygen atoms in total. The molecule has 0 saturated heterocycles. The van der Waals surface area contributed by atoms with Gasteiger partial charge in [0.25, 0.3) is 0 Å². The molecule has 0 aromatic rings. The monoisotopic (exact) mass is 152 g/mol. The molecule has 0 aliphatic rings. The molecule has 9 heavy (non-hydrogen) atoms. The molecule has 0 radical (unpaired) electrons. The van der Waals surface area contributed by atoms with Crippen LogP contribution in [-0.4, -0.2) is 16.4 Å². The molecule has 0 bridgehead atoms. The highest BCUT2D eigenvalue weighted by atomic mass is 31.2. The molecule has 0 fully saturated rings. The standard InChI is InChI=1S/C5H13O3P/c1-3-5(2)4-8-9(6)7/h5-7H,3-4H2,1-2H3. The summed E-state index contributed by atoms with van der Waals surface area (Å²) in [5.74, 6) is 0.411. The topological polar surface area (TPSA) is 49.7 Å². The molecule has 0 saturated carbocycles. The highest BCUT2D eigenvalue weighted by molar-refractivity contribution is 7.39. The maximum atomic E-state index is 8.29. The van der Waals surface area contributed by atoms with Crippen LogP contribution < -0.4 is 0 Å². The molecule has 1 atom stereocenters. The fourth-order valence-corrected chi connectivity index (χ4v) is 0.700. The van der Waals surface area contributed by atoms with E-state index in [9.17, 15) is 0 Å². The first-order chi connectivity index (χ1) is 4.16. The SMILES string of the molecule is CCC(C)COP(O)O. The number of rotatable bonds is 4. The van der Waals surface area contributed by atoms with E-state index in [1.807, 2.05) is 13.8 Å². The Balaban J connectivity index is 3.06. The zero-order valence-electron chi connectivity index (χ0n) is 5.74. The predicted octanol–water partition coefficient (Wildman–Crippen LogP) is 1.26. The van der Waals surface area contributed by atoms with Crippen LogP contribution in [0, 0.1) is 5.92 Å². The average Bonchev–Trinajstić information content (AvgIpc) is 1.83. The Morgan fingerprint density at radius 3 is 2.44 bits per heavy atom.